The predicted molar refractivity (Wildman–Crippen MR) is 49.8 cm³/mol. The first-order valence-electron chi connectivity index (χ1n) is 3.86. The van der Waals surface area contributed by atoms with Gasteiger partial charge in [-0.25, -0.2) is 0 Å². The van der Waals surface area contributed by atoms with Crippen LogP contribution in [0.2, 0.25) is 0 Å². The Morgan fingerprint density at radius 2 is 2.33 bits per heavy atom. The Kier molecular flexibility index (Phi) is 2.31. The maximum atomic E-state index is 5.40. The molecule has 0 aromatic carbocycles. The number of hydrogen-bond donors (Lipinski definition) is 0. The van der Waals surface area contributed by atoms with Crippen LogP contribution in [0.3, 0.4) is 0 Å². The average molecular weight is 280 g/mol. The lowest BCUT2D eigenvalue weighted by atomic mass is 10.1. The van der Waals surface area contributed by atoms with Crippen molar-refractivity contribution in [3.05, 3.63) is 9.79 Å². The van der Waals surface area contributed by atoms with Gasteiger partial charge in [-0.05, 0) is 13.3 Å². The maximum Gasteiger partial charge on any atom is 0.278 e. The second-order valence-corrected chi connectivity index (χ2v) is 3.89. The van der Waals surface area contributed by atoms with Crippen molar-refractivity contribution >= 4 is 22.6 Å². The largest absolute Gasteiger partial charge is 0.416 e. The molecule has 1 aliphatic rings. The van der Waals surface area contributed by atoms with Crippen molar-refractivity contribution in [3.63, 3.8) is 0 Å². The van der Waals surface area contributed by atoms with E-state index in [2.05, 4.69) is 17.1 Å². The van der Waals surface area contributed by atoms with Crippen molar-refractivity contribution in [2.75, 3.05) is 6.61 Å². The molecule has 2 heterocycles. The number of hydrogen-bond acceptors (Lipinski definition) is 4. The fourth-order valence-electron chi connectivity index (χ4n) is 1.37. The van der Waals surface area contributed by atoms with E-state index in [0.717, 1.165) is 6.42 Å². The van der Waals surface area contributed by atoms with Crippen LogP contribution in [-0.4, -0.2) is 22.9 Å². The van der Waals surface area contributed by atoms with E-state index >= 15 is 0 Å². The topological polar surface area (TPSA) is 48.2 Å². The van der Waals surface area contributed by atoms with Gasteiger partial charge in [-0.1, -0.05) is 0 Å². The Bertz CT molecular complexity index is 276. The van der Waals surface area contributed by atoms with E-state index < -0.39 is 0 Å². The van der Waals surface area contributed by atoms with Gasteiger partial charge in [-0.15, -0.1) is 10.2 Å². The number of ether oxygens (including phenoxy) is 1. The molecule has 0 saturated carbocycles. The van der Waals surface area contributed by atoms with E-state index in [1.165, 1.54) is 0 Å². The van der Waals surface area contributed by atoms with Crippen LogP contribution in [0.1, 0.15) is 25.2 Å². The summed E-state index contributed by atoms with van der Waals surface area (Å²) in [6.45, 7) is 2.76. The highest BCUT2D eigenvalue weighted by atomic mass is 127. The SMILES string of the molecule is CC1CC(c2nnc(I)o2)CO1. The molecule has 2 atom stereocenters. The van der Waals surface area contributed by atoms with Gasteiger partial charge in [0.05, 0.1) is 18.6 Å². The second-order valence-electron chi connectivity index (χ2n) is 2.97. The number of halogens is 1. The Hall–Kier alpha value is -0.170. The van der Waals surface area contributed by atoms with Gasteiger partial charge < -0.3 is 9.15 Å². The minimum Gasteiger partial charge on any atom is -0.416 e. The zero-order chi connectivity index (χ0) is 8.55. The van der Waals surface area contributed by atoms with Crippen molar-refractivity contribution in [1.82, 2.24) is 10.2 Å². The van der Waals surface area contributed by atoms with Gasteiger partial charge in [0.2, 0.25) is 5.89 Å². The molecule has 0 aliphatic carbocycles. The monoisotopic (exact) mass is 280 g/mol. The molecule has 66 valence electrons. The van der Waals surface area contributed by atoms with Crippen LogP contribution in [0.15, 0.2) is 4.42 Å². The molecule has 1 saturated heterocycles. The lowest BCUT2D eigenvalue weighted by molar-refractivity contribution is 0.122. The van der Waals surface area contributed by atoms with Crippen molar-refractivity contribution in [2.24, 2.45) is 0 Å². The zero-order valence-electron chi connectivity index (χ0n) is 6.66. The number of aromatic nitrogens is 2. The van der Waals surface area contributed by atoms with Crippen molar-refractivity contribution < 1.29 is 9.15 Å². The van der Waals surface area contributed by atoms with Gasteiger partial charge in [0.1, 0.15) is 0 Å². The van der Waals surface area contributed by atoms with E-state index in [1.54, 1.807) is 0 Å². The Labute approximate surface area is 83.8 Å². The van der Waals surface area contributed by atoms with E-state index in [0.29, 0.717) is 28.4 Å². The minimum atomic E-state index is 0.302. The quantitative estimate of drug-likeness (QED) is 0.732. The molecular weight excluding hydrogens is 271 g/mol. The molecule has 2 unspecified atom stereocenters. The van der Waals surface area contributed by atoms with Crippen LogP contribution in [-0.2, 0) is 4.74 Å². The highest BCUT2D eigenvalue weighted by Gasteiger charge is 2.27. The van der Waals surface area contributed by atoms with Crippen LogP contribution < -0.4 is 0 Å². The lowest BCUT2D eigenvalue weighted by Gasteiger charge is -1.98. The highest BCUT2D eigenvalue weighted by molar-refractivity contribution is 14.1. The molecule has 1 aromatic rings. The van der Waals surface area contributed by atoms with Crippen molar-refractivity contribution in [1.29, 1.82) is 0 Å². The zero-order valence-corrected chi connectivity index (χ0v) is 8.82. The van der Waals surface area contributed by atoms with Gasteiger partial charge in [0.25, 0.3) is 3.90 Å². The molecule has 0 bridgehead atoms. The number of rotatable bonds is 1. The third-order valence-electron chi connectivity index (χ3n) is 1.96. The molecule has 1 aliphatic heterocycles. The molecule has 1 fully saturated rings. The summed E-state index contributed by atoms with van der Waals surface area (Å²) in [7, 11) is 0. The first-order valence-corrected chi connectivity index (χ1v) is 4.94. The fourth-order valence-corrected chi connectivity index (χ4v) is 1.70. The first kappa shape index (κ1) is 8.43. The average Bonchev–Trinajstić information content (AvgIpc) is 2.58. The molecular formula is C7H9IN2O2. The van der Waals surface area contributed by atoms with Crippen LogP contribution in [0.5, 0.6) is 0 Å². The summed E-state index contributed by atoms with van der Waals surface area (Å²) < 4.78 is 11.3. The Morgan fingerprint density at radius 1 is 1.50 bits per heavy atom. The summed E-state index contributed by atoms with van der Waals surface area (Å²) in [6.07, 6.45) is 1.30. The van der Waals surface area contributed by atoms with Crippen LogP contribution >= 0.6 is 22.6 Å². The van der Waals surface area contributed by atoms with Crippen molar-refractivity contribution in [2.45, 2.75) is 25.4 Å². The lowest BCUT2D eigenvalue weighted by Crippen LogP contribution is -1.98. The van der Waals surface area contributed by atoms with Gasteiger partial charge in [-0.2, -0.15) is 0 Å². The molecule has 0 N–H and O–H groups in total. The Morgan fingerprint density at radius 3 is 2.83 bits per heavy atom. The molecule has 5 heteroatoms. The predicted octanol–water partition coefficient (Wildman–Crippen LogP) is 1.57. The summed E-state index contributed by atoms with van der Waals surface area (Å²) in [5, 5.41) is 7.73. The molecule has 12 heavy (non-hydrogen) atoms. The third-order valence-corrected chi connectivity index (χ3v) is 2.40. The minimum absolute atomic E-state index is 0.302. The molecule has 0 amide bonds. The molecule has 0 radical (unpaired) electrons. The van der Waals surface area contributed by atoms with E-state index in [9.17, 15) is 0 Å². The summed E-state index contributed by atoms with van der Waals surface area (Å²) in [4.78, 5) is 0. The van der Waals surface area contributed by atoms with Crippen molar-refractivity contribution in [3.8, 4) is 0 Å². The normalized spacial score (nSPS) is 29.5. The summed E-state index contributed by atoms with van der Waals surface area (Å²) >= 11 is 2.01. The summed E-state index contributed by atoms with van der Waals surface area (Å²) in [5.74, 6) is 1.01. The third kappa shape index (κ3) is 1.61. The maximum absolute atomic E-state index is 5.40. The highest BCUT2D eigenvalue weighted by Crippen LogP contribution is 2.28. The summed E-state index contributed by atoms with van der Waals surface area (Å²) in [5.41, 5.74) is 0. The first-order chi connectivity index (χ1) is 5.75. The molecule has 0 spiro atoms. The standard InChI is InChI=1S/C7H9IN2O2/c1-4-2-5(3-11-4)6-9-10-7(8)12-6/h4-5H,2-3H2,1H3. The van der Waals surface area contributed by atoms with E-state index in [1.807, 2.05) is 22.6 Å². The fraction of sp³-hybridized carbons (Fsp3) is 0.714. The van der Waals surface area contributed by atoms with Crippen LogP contribution in [0.25, 0.3) is 0 Å². The number of nitrogens with zero attached hydrogens (tertiary/aromatic N) is 2. The molecule has 1 aromatic heterocycles. The van der Waals surface area contributed by atoms with Gasteiger partial charge >= 0.3 is 0 Å². The molecule has 4 nitrogen and oxygen atoms in total. The van der Waals surface area contributed by atoms with E-state index in [4.69, 9.17) is 9.15 Å². The Balaban J connectivity index is 2.11. The van der Waals surface area contributed by atoms with Gasteiger partial charge in [-0.3, -0.25) is 0 Å². The summed E-state index contributed by atoms with van der Waals surface area (Å²) in [6, 6.07) is 0. The van der Waals surface area contributed by atoms with Gasteiger partial charge in [0, 0.05) is 22.6 Å². The van der Waals surface area contributed by atoms with E-state index in [-0.39, 0.29) is 0 Å². The second kappa shape index (κ2) is 3.29. The van der Waals surface area contributed by atoms with Crippen LogP contribution in [0.4, 0.5) is 0 Å². The van der Waals surface area contributed by atoms with Crippen LogP contribution in [0, 0.1) is 3.90 Å². The molecule has 2 rings (SSSR count). The smallest absolute Gasteiger partial charge is 0.278 e. The van der Waals surface area contributed by atoms with Gasteiger partial charge in [0.15, 0.2) is 0 Å².